The van der Waals surface area contributed by atoms with Crippen LogP contribution in [-0.4, -0.2) is 17.0 Å². The first-order chi connectivity index (χ1) is 8.31. The molecule has 0 radical (unpaired) electrons. The van der Waals surface area contributed by atoms with Crippen LogP contribution in [0.2, 0.25) is 0 Å². The average molecular weight is 232 g/mol. The van der Waals surface area contributed by atoms with Gasteiger partial charge in [-0.3, -0.25) is 0 Å². The third-order valence-corrected chi connectivity index (χ3v) is 2.37. The van der Waals surface area contributed by atoms with E-state index in [2.05, 4.69) is 20.6 Å². The highest BCUT2D eigenvalue weighted by Crippen LogP contribution is 2.12. The van der Waals surface area contributed by atoms with Crippen LogP contribution in [0, 0.1) is 0 Å². The lowest BCUT2D eigenvalue weighted by Crippen LogP contribution is -2.05. The van der Waals surface area contributed by atoms with E-state index in [1.54, 1.807) is 6.26 Å². The first-order valence-electron chi connectivity index (χ1n) is 5.63. The summed E-state index contributed by atoms with van der Waals surface area (Å²) < 4.78 is 5.25. The van der Waals surface area contributed by atoms with Crippen molar-refractivity contribution in [2.75, 3.05) is 17.7 Å². The van der Waals surface area contributed by atoms with Crippen molar-refractivity contribution in [2.45, 2.75) is 19.9 Å². The van der Waals surface area contributed by atoms with Crippen LogP contribution in [-0.2, 0) is 13.0 Å². The van der Waals surface area contributed by atoms with Gasteiger partial charge in [0.05, 0.1) is 12.8 Å². The molecule has 17 heavy (non-hydrogen) atoms. The van der Waals surface area contributed by atoms with Crippen LogP contribution < -0.4 is 10.6 Å². The smallest absolute Gasteiger partial charge is 0.132 e. The van der Waals surface area contributed by atoms with Crippen LogP contribution in [0.25, 0.3) is 0 Å². The lowest BCUT2D eigenvalue weighted by Gasteiger charge is -2.07. The van der Waals surface area contributed by atoms with E-state index in [4.69, 9.17) is 4.42 Å². The molecule has 2 rings (SSSR count). The van der Waals surface area contributed by atoms with Crippen molar-refractivity contribution in [2.24, 2.45) is 0 Å². The number of aromatic nitrogens is 2. The highest BCUT2D eigenvalue weighted by atomic mass is 16.3. The van der Waals surface area contributed by atoms with E-state index in [0.29, 0.717) is 6.54 Å². The molecule has 0 atom stereocenters. The Kier molecular flexibility index (Phi) is 3.59. The first kappa shape index (κ1) is 11.4. The Bertz CT molecular complexity index is 445. The van der Waals surface area contributed by atoms with Gasteiger partial charge in [-0.25, -0.2) is 9.97 Å². The van der Waals surface area contributed by atoms with Crippen molar-refractivity contribution in [3.63, 3.8) is 0 Å². The molecule has 0 saturated heterocycles. The zero-order valence-electron chi connectivity index (χ0n) is 10.0. The SMILES string of the molecule is CCc1nc(NC)cc(NCc2ccco2)n1. The van der Waals surface area contributed by atoms with E-state index in [1.807, 2.05) is 32.2 Å². The molecule has 0 fully saturated rings. The predicted molar refractivity (Wildman–Crippen MR) is 67.0 cm³/mol. The van der Waals surface area contributed by atoms with Gasteiger partial charge in [-0.1, -0.05) is 6.92 Å². The summed E-state index contributed by atoms with van der Waals surface area (Å²) in [5, 5.41) is 6.23. The molecule has 0 spiro atoms. The molecule has 0 bridgehead atoms. The number of rotatable bonds is 5. The molecule has 0 aliphatic rings. The summed E-state index contributed by atoms with van der Waals surface area (Å²) in [6.45, 7) is 2.65. The van der Waals surface area contributed by atoms with E-state index < -0.39 is 0 Å². The van der Waals surface area contributed by atoms with Crippen molar-refractivity contribution >= 4 is 11.6 Å². The Morgan fingerprint density at radius 2 is 2.12 bits per heavy atom. The van der Waals surface area contributed by atoms with Gasteiger partial charge in [0.1, 0.15) is 23.2 Å². The van der Waals surface area contributed by atoms with Gasteiger partial charge in [0.25, 0.3) is 0 Å². The lowest BCUT2D eigenvalue weighted by atomic mass is 10.4. The third kappa shape index (κ3) is 2.96. The zero-order valence-corrected chi connectivity index (χ0v) is 10.0. The summed E-state index contributed by atoms with van der Waals surface area (Å²) in [7, 11) is 1.85. The molecule has 0 aliphatic carbocycles. The summed E-state index contributed by atoms with van der Waals surface area (Å²) in [6.07, 6.45) is 2.47. The van der Waals surface area contributed by atoms with Gasteiger partial charge in [0.15, 0.2) is 0 Å². The Labute approximate surface area is 100 Å². The Morgan fingerprint density at radius 3 is 2.76 bits per heavy atom. The van der Waals surface area contributed by atoms with Crippen LogP contribution in [0.1, 0.15) is 18.5 Å². The monoisotopic (exact) mass is 232 g/mol. The molecule has 5 nitrogen and oxygen atoms in total. The van der Waals surface area contributed by atoms with Crippen molar-refractivity contribution < 1.29 is 4.42 Å². The summed E-state index contributed by atoms with van der Waals surface area (Å²) in [6, 6.07) is 5.67. The Morgan fingerprint density at radius 1 is 1.29 bits per heavy atom. The second kappa shape index (κ2) is 5.34. The van der Waals surface area contributed by atoms with Crippen molar-refractivity contribution in [3.8, 4) is 0 Å². The molecule has 2 N–H and O–H groups in total. The second-order valence-electron chi connectivity index (χ2n) is 3.59. The number of aryl methyl sites for hydroxylation is 1. The molecular formula is C12H16N4O. The van der Waals surface area contributed by atoms with E-state index >= 15 is 0 Å². The van der Waals surface area contributed by atoms with Crippen molar-refractivity contribution in [1.82, 2.24) is 9.97 Å². The second-order valence-corrected chi connectivity index (χ2v) is 3.59. The molecule has 90 valence electrons. The Hall–Kier alpha value is -2.04. The summed E-state index contributed by atoms with van der Waals surface area (Å²) >= 11 is 0. The minimum Gasteiger partial charge on any atom is -0.467 e. The maximum Gasteiger partial charge on any atom is 0.132 e. The number of hydrogen-bond acceptors (Lipinski definition) is 5. The van der Waals surface area contributed by atoms with Crippen molar-refractivity contribution in [1.29, 1.82) is 0 Å². The molecule has 0 aromatic carbocycles. The molecule has 0 saturated carbocycles. The van der Waals surface area contributed by atoms with Gasteiger partial charge >= 0.3 is 0 Å². The van der Waals surface area contributed by atoms with Gasteiger partial charge in [-0.05, 0) is 12.1 Å². The topological polar surface area (TPSA) is 63.0 Å². The van der Waals surface area contributed by atoms with Crippen LogP contribution in [0.4, 0.5) is 11.6 Å². The number of anilines is 2. The fraction of sp³-hybridized carbons (Fsp3) is 0.333. The van der Waals surface area contributed by atoms with E-state index in [-0.39, 0.29) is 0 Å². The summed E-state index contributed by atoms with van der Waals surface area (Å²) in [5.74, 6) is 3.32. The minimum absolute atomic E-state index is 0.621. The summed E-state index contributed by atoms with van der Waals surface area (Å²) in [5.41, 5.74) is 0. The number of nitrogens with zero attached hydrogens (tertiary/aromatic N) is 2. The average Bonchev–Trinajstić information content (AvgIpc) is 2.89. The van der Waals surface area contributed by atoms with Gasteiger partial charge in [-0.2, -0.15) is 0 Å². The lowest BCUT2D eigenvalue weighted by molar-refractivity contribution is 0.517. The molecule has 0 aliphatic heterocycles. The van der Waals surface area contributed by atoms with Crippen molar-refractivity contribution in [3.05, 3.63) is 36.0 Å². The fourth-order valence-corrected chi connectivity index (χ4v) is 1.46. The normalized spacial score (nSPS) is 10.2. The molecule has 0 amide bonds. The zero-order chi connectivity index (χ0) is 12.1. The van der Waals surface area contributed by atoms with Crippen LogP contribution in [0.3, 0.4) is 0 Å². The fourth-order valence-electron chi connectivity index (χ4n) is 1.46. The molecular weight excluding hydrogens is 216 g/mol. The standard InChI is InChI=1S/C12H16N4O/c1-3-10-15-11(13-2)7-12(16-10)14-8-9-5-4-6-17-9/h4-7H,3,8H2,1-2H3,(H2,13,14,15,16). The number of nitrogens with one attached hydrogen (secondary N) is 2. The maximum absolute atomic E-state index is 5.25. The largest absolute Gasteiger partial charge is 0.467 e. The predicted octanol–water partition coefficient (Wildman–Crippen LogP) is 2.29. The van der Waals surface area contributed by atoms with Crippen LogP contribution >= 0.6 is 0 Å². The van der Waals surface area contributed by atoms with E-state index in [0.717, 1.165) is 29.6 Å². The highest BCUT2D eigenvalue weighted by molar-refractivity contribution is 5.47. The van der Waals surface area contributed by atoms with Gasteiger partial charge in [0, 0.05) is 19.5 Å². The molecule has 5 heteroatoms. The maximum atomic E-state index is 5.25. The quantitative estimate of drug-likeness (QED) is 0.828. The van der Waals surface area contributed by atoms with Crippen LogP contribution in [0.5, 0.6) is 0 Å². The molecule has 2 aromatic rings. The number of hydrogen-bond donors (Lipinski definition) is 2. The van der Waals surface area contributed by atoms with E-state index in [9.17, 15) is 0 Å². The third-order valence-electron chi connectivity index (χ3n) is 2.37. The first-order valence-corrected chi connectivity index (χ1v) is 5.63. The molecule has 2 aromatic heterocycles. The van der Waals surface area contributed by atoms with Gasteiger partial charge in [-0.15, -0.1) is 0 Å². The Balaban J connectivity index is 2.09. The van der Waals surface area contributed by atoms with E-state index in [1.165, 1.54) is 0 Å². The summed E-state index contributed by atoms with van der Waals surface area (Å²) in [4.78, 5) is 8.73. The number of furan rings is 1. The van der Waals surface area contributed by atoms with Gasteiger partial charge < -0.3 is 15.1 Å². The highest BCUT2D eigenvalue weighted by Gasteiger charge is 2.03. The van der Waals surface area contributed by atoms with Crippen LogP contribution in [0.15, 0.2) is 28.9 Å². The minimum atomic E-state index is 0.621. The molecule has 0 unspecified atom stereocenters. The van der Waals surface area contributed by atoms with Gasteiger partial charge in [0.2, 0.25) is 0 Å². The molecule has 2 heterocycles.